The molecule has 0 aliphatic carbocycles. The summed E-state index contributed by atoms with van der Waals surface area (Å²) in [5.41, 5.74) is 13.6. The van der Waals surface area contributed by atoms with Crippen molar-refractivity contribution in [2.45, 2.75) is 51.8 Å². The average Bonchev–Trinajstić information content (AvgIpc) is 3.09. The zero-order valence-corrected chi connectivity index (χ0v) is 20.6. The lowest BCUT2D eigenvalue weighted by Crippen LogP contribution is -2.58. The van der Waals surface area contributed by atoms with Gasteiger partial charge in [0.2, 0.25) is 5.91 Å². The summed E-state index contributed by atoms with van der Waals surface area (Å²) >= 11 is 0. The number of amides is 2. The van der Waals surface area contributed by atoms with E-state index in [0.717, 1.165) is 23.4 Å². The Labute approximate surface area is 205 Å². The number of carbonyl (C=O) groups excluding carboxylic acids is 2. The van der Waals surface area contributed by atoms with Crippen LogP contribution in [0.3, 0.4) is 0 Å². The molecule has 10 nitrogen and oxygen atoms in total. The van der Waals surface area contributed by atoms with E-state index in [-0.39, 0.29) is 41.5 Å². The molecule has 2 atom stereocenters. The van der Waals surface area contributed by atoms with Crippen molar-refractivity contribution in [3.05, 3.63) is 48.2 Å². The monoisotopic (exact) mass is 479 g/mol. The lowest BCUT2D eigenvalue weighted by molar-refractivity contribution is -0.120. The number of carbonyl (C=O) groups is 2. The molecular formula is C25H33N7O3. The first-order valence-electron chi connectivity index (χ1n) is 11.7. The summed E-state index contributed by atoms with van der Waals surface area (Å²) < 4.78 is 6.19. The Kier molecular flexibility index (Phi) is 6.66. The molecule has 4 rings (SSSR count). The summed E-state index contributed by atoms with van der Waals surface area (Å²) in [6.45, 7) is 9.74. The maximum Gasteiger partial charge on any atom is 0.261 e. The number of benzene rings is 1. The van der Waals surface area contributed by atoms with Gasteiger partial charge in [-0.3, -0.25) is 14.5 Å². The van der Waals surface area contributed by atoms with E-state index in [4.69, 9.17) is 16.2 Å². The van der Waals surface area contributed by atoms with Crippen LogP contribution in [0.4, 0.5) is 11.4 Å². The fourth-order valence-corrected chi connectivity index (χ4v) is 4.93. The van der Waals surface area contributed by atoms with Crippen molar-refractivity contribution in [2.75, 3.05) is 29.9 Å². The number of ether oxygens (including phenoxy) is 1. The molecule has 1 aromatic heterocycles. The van der Waals surface area contributed by atoms with Crippen LogP contribution in [-0.2, 0) is 16.0 Å². The lowest BCUT2D eigenvalue weighted by atomic mass is 10.00. The van der Waals surface area contributed by atoms with Crippen molar-refractivity contribution in [3.8, 4) is 5.75 Å². The quantitative estimate of drug-likeness (QED) is 0.530. The molecule has 35 heavy (non-hydrogen) atoms. The number of aromatic nitrogens is 2. The number of hydrogen-bond donors (Lipinski definition) is 3. The Morgan fingerprint density at radius 1 is 1.20 bits per heavy atom. The van der Waals surface area contributed by atoms with Gasteiger partial charge in [-0.2, -0.15) is 0 Å². The van der Waals surface area contributed by atoms with Crippen molar-refractivity contribution in [1.82, 2.24) is 14.9 Å². The second-order valence-electron chi connectivity index (χ2n) is 9.86. The van der Waals surface area contributed by atoms with Crippen LogP contribution in [-0.4, -0.2) is 64.0 Å². The van der Waals surface area contributed by atoms with E-state index in [9.17, 15) is 9.59 Å². The molecular weight excluding hydrogens is 446 g/mol. The highest BCUT2D eigenvalue weighted by Crippen LogP contribution is 2.42. The number of nitrogens with two attached hydrogens (primary N) is 2. The minimum atomic E-state index is -0.397. The van der Waals surface area contributed by atoms with E-state index in [1.165, 1.54) is 6.20 Å². The van der Waals surface area contributed by atoms with Gasteiger partial charge >= 0.3 is 0 Å². The van der Waals surface area contributed by atoms with Crippen LogP contribution in [0, 0.1) is 0 Å². The Bertz CT molecular complexity index is 1140. The van der Waals surface area contributed by atoms with Crippen LogP contribution < -0.4 is 26.4 Å². The fraction of sp³-hybridized carbons (Fsp3) is 0.440. The van der Waals surface area contributed by atoms with E-state index in [1.807, 2.05) is 26.0 Å². The molecule has 1 fully saturated rings. The van der Waals surface area contributed by atoms with Crippen molar-refractivity contribution in [2.24, 2.45) is 11.5 Å². The maximum absolute atomic E-state index is 13.3. The number of primary amides is 1. The molecule has 2 aliphatic rings. The van der Waals surface area contributed by atoms with E-state index in [0.29, 0.717) is 18.8 Å². The van der Waals surface area contributed by atoms with Crippen molar-refractivity contribution in [3.63, 3.8) is 0 Å². The third kappa shape index (κ3) is 5.22. The number of nitrogens with one attached hydrogen (secondary N) is 1. The van der Waals surface area contributed by atoms with Crippen molar-refractivity contribution in [1.29, 1.82) is 0 Å². The second-order valence-corrected chi connectivity index (χ2v) is 9.86. The van der Waals surface area contributed by atoms with E-state index in [1.54, 1.807) is 18.5 Å². The highest BCUT2D eigenvalue weighted by molar-refractivity contribution is 6.24. The number of nitrogens with zero attached hydrogens (tertiary/aromatic N) is 4. The number of rotatable bonds is 6. The number of anilines is 2. The van der Waals surface area contributed by atoms with E-state index < -0.39 is 5.91 Å². The molecule has 1 saturated heterocycles. The van der Waals surface area contributed by atoms with Gasteiger partial charge in [-0.25, -0.2) is 9.97 Å². The molecule has 2 aromatic rings. The highest BCUT2D eigenvalue weighted by atomic mass is 16.5. The maximum atomic E-state index is 13.3. The topological polar surface area (TPSA) is 140 Å². The molecule has 1 aromatic carbocycles. The molecule has 10 heteroatoms. The predicted molar refractivity (Wildman–Crippen MR) is 135 cm³/mol. The standard InChI is InChI=1S/C25H33N7O3/c1-15-12-31(13-16(2)32(15)14-22(27)33)20-9-21-17(10-25(3,4)35-21)8-19(20)30-24(34)18(11-26)23-28-6-5-7-29-23/h5-9,11,15-16H,10,12-14,26H2,1-4H3,(H2,27,33)(H,30,34)/t15-,16+. The molecule has 3 heterocycles. The van der Waals surface area contributed by atoms with Crippen LogP contribution in [0.25, 0.3) is 5.57 Å². The summed E-state index contributed by atoms with van der Waals surface area (Å²) in [4.78, 5) is 37.5. The van der Waals surface area contributed by atoms with E-state index in [2.05, 4.69) is 38.9 Å². The van der Waals surface area contributed by atoms with Gasteiger partial charge in [-0.15, -0.1) is 0 Å². The summed E-state index contributed by atoms with van der Waals surface area (Å²) in [6.07, 6.45) is 5.07. The third-order valence-corrected chi connectivity index (χ3v) is 6.43. The first-order chi connectivity index (χ1) is 16.6. The number of fused-ring (bicyclic) bond motifs is 1. The molecule has 0 radical (unpaired) electrons. The number of piperazine rings is 1. The minimum Gasteiger partial charge on any atom is -0.487 e. The van der Waals surface area contributed by atoms with Gasteiger partial charge in [0.15, 0.2) is 5.82 Å². The molecule has 0 unspecified atom stereocenters. The zero-order chi connectivity index (χ0) is 25.3. The van der Waals surface area contributed by atoms with Crippen molar-refractivity contribution < 1.29 is 14.3 Å². The van der Waals surface area contributed by atoms with Gasteiger partial charge in [0.25, 0.3) is 5.91 Å². The van der Waals surface area contributed by atoms with Crippen LogP contribution in [0.2, 0.25) is 0 Å². The molecule has 5 N–H and O–H groups in total. The van der Waals surface area contributed by atoms with Crippen molar-refractivity contribution >= 4 is 28.8 Å². The Morgan fingerprint density at radius 2 is 1.86 bits per heavy atom. The average molecular weight is 480 g/mol. The van der Waals surface area contributed by atoms with Gasteiger partial charge < -0.3 is 26.4 Å². The normalized spacial score (nSPS) is 21.8. The van der Waals surface area contributed by atoms with Crippen LogP contribution in [0.1, 0.15) is 39.1 Å². The smallest absolute Gasteiger partial charge is 0.261 e. The first-order valence-corrected chi connectivity index (χ1v) is 11.7. The SMILES string of the molecule is C[C@@H]1CN(c2cc3c(cc2NC(=O)C(=CN)c2ncccn2)CC(C)(C)O3)C[C@H](C)N1CC(N)=O. The van der Waals surface area contributed by atoms with Crippen LogP contribution in [0.15, 0.2) is 36.8 Å². The zero-order valence-electron chi connectivity index (χ0n) is 20.6. The van der Waals surface area contributed by atoms with Gasteiger partial charge in [0, 0.05) is 61.8 Å². The summed E-state index contributed by atoms with van der Waals surface area (Å²) in [5, 5.41) is 3.04. The second kappa shape index (κ2) is 9.53. The Balaban J connectivity index is 1.67. The molecule has 0 spiro atoms. The van der Waals surface area contributed by atoms with Gasteiger partial charge in [0.1, 0.15) is 11.4 Å². The summed E-state index contributed by atoms with van der Waals surface area (Å²) in [5.74, 6) is 0.319. The van der Waals surface area contributed by atoms with Gasteiger partial charge in [-0.1, -0.05) is 0 Å². The fourth-order valence-electron chi connectivity index (χ4n) is 4.93. The van der Waals surface area contributed by atoms with Crippen LogP contribution in [0.5, 0.6) is 5.75 Å². The molecule has 0 saturated carbocycles. The minimum absolute atomic E-state index is 0.0811. The largest absolute Gasteiger partial charge is 0.487 e. The molecule has 2 amide bonds. The van der Waals surface area contributed by atoms with Crippen LogP contribution >= 0.6 is 0 Å². The summed E-state index contributed by atoms with van der Waals surface area (Å²) in [7, 11) is 0. The summed E-state index contributed by atoms with van der Waals surface area (Å²) in [6, 6.07) is 5.81. The number of hydrogen-bond acceptors (Lipinski definition) is 8. The lowest BCUT2D eigenvalue weighted by Gasteiger charge is -2.45. The first kappa shape index (κ1) is 24.5. The van der Waals surface area contributed by atoms with Gasteiger partial charge in [-0.05, 0) is 39.8 Å². The third-order valence-electron chi connectivity index (χ3n) is 6.43. The molecule has 0 bridgehead atoms. The Morgan fingerprint density at radius 3 is 2.46 bits per heavy atom. The van der Waals surface area contributed by atoms with E-state index >= 15 is 0 Å². The highest BCUT2D eigenvalue weighted by Gasteiger charge is 2.35. The molecule has 186 valence electrons. The predicted octanol–water partition coefficient (Wildman–Crippen LogP) is 1.51. The van der Waals surface area contributed by atoms with Gasteiger partial charge in [0.05, 0.1) is 23.5 Å². The molecule has 2 aliphatic heterocycles. The Hall–Kier alpha value is -3.66.